The molecule has 0 amide bonds. The lowest BCUT2D eigenvalue weighted by Crippen LogP contribution is -2.47. The number of nitrogens with zero attached hydrogens (tertiary/aromatic N) is 1. The van der Waals surface area contributed by atoms with E-state index in [1.165, 1.54) is 0 Å². The topological polar surface area (TPSA) is 59.3 Å². The van der Waals surface area contributed by atoms with Gasteiger partial charge in [-0.1, -0.05) is 19.9 Å². The van der Waals surface area contributed by atoms with Crippen molar-refractivity contribution >= 4 is 17.1 Å². The van der Waals surface area contributed by atoms with Crippen molar-refractivity contribution in [3.8, 4) is 6.07 Å². The maximum absolute atomic E-state index is 13.0. The van der Waals surface area contributed by atoms with Crippen molar-refractivity contribution in [1.82, 2.24) is 0 Å². The molecular formula is C22H19NO3S. The molecule has 0 saturated carbocycles. The summed E-state index contributed by atoms with van der Waals surface area (Å²) in [7, 11) is 0. The number of ketones is 1. The number of thiophene rings is 1. The number of hydrogen-bond acceptors (Lipinski definition) is 5. The Labute approximate surface area is 162 Å². The van der Waals surface area contributed by atoms with Gasteiger partial charge in [-0.3, -0.25) is 4.79 Å². The van der Waals surface area contributed by atoms with Crippen molar-refractivity contribution in [2.24, 2.45) is 5.41 Å². The minimum absolute atomic E-state index is 0.0994. The fourth-order valence-corrected chi connectivity index (χ4v) is 5.18. The van der Waals surface area contributed by atoms with Gasteiger partial charge in [-0.15, -0.1) is 0 Å². The SMILES string of the molecule is CC1(C)CC(=O)C2=C(C1)O[C@@]1(c3ccsc3)Cc3cc(C#N)ccc3[C@H]2O1. The van der Waals surface area contributed by atoms with E-state index in [0.717, 1.165) is 28.9 Å². The van der Waals surface area contributed by atoms with E-state index in [1.54, 1.807) is 17.4 Å². The molecule has 5 heteroatoms. The maximum Gasteiger partial charge on any atom is 0.242 e. The van der Waals surface area contributed by atoms with Gasteiger partial charge in [-0.2, -0.15) is 16.6 Å². The van der Waals surface area contributed by atoms with Gasteiger partial charge in [-0.25, -0.2) is 0 Å². The van der Waals surface area contributed by atoms with Crippen LogP contribution in [0.15, 0.2) is 46.4 Å². The molecule has 0 saturated heterocycles. The second kappa shape index (κ2) is 5.54. The molecule has 3 aliphatic rings. The summed E-state index contributed by atoms with van der Waals surface area (Å²) in [6, 6.07) is 9.85. The van der Waals surface area contributed by atoms with E-state index in [9.17, 15) is 10.1 Å². The van der Waals surface area contributed by atoms with Gasteiger partial charge in [0, 0.05) is 30.2 Å². The number of benzene rings is 1. The van der Waals surface area contributed by atoms with Gasteiger partial charge in [-0.05, 0) is 40.1 Å². The summed E-state index contributed by atoms with van der Waals surface area (Å²) in [6.45, 7) is 4.21. The number of fused-ring (bicyclic) bond motifs is 5. The third-order valence-electron chi connectivity index (χ3n) is 5.68. The summed E-state index contributed by atoms with van der Waals surface area (Å²) in [5, 5.41) is 13.3. The second-order valence-electron chi connectivity index (χ2n) is 8.34. The number of carbonyl (C=O) groups is 1. The highest BCUT2D eigenvalue weighted by atomic mass is 32.1. The van der Waals surface area contributed by atoms with Crippen LogP contribution < -0.4 is 0 Å². The third kappa shape index (κ3) is 2.48. The molecule has 5 rings (SSSR count). The summed E-state index contributed by atoms with van der Waals surface area (Å²) >= 11 is 1.60. The molecule has 0 radical (unpaired) electrons. The highest BCUT2D eigenvalue weighted by molar-refractivity contribution is 7.08. The fourth-order valence-electron chi connectivity index (χ4n) is 4.48. The molecule has 0 unspecified atom stereocenters. The third-order valence-corrected chi connectivity index (χ3v) is 6.36. The summed E-state index contributed by atoms with van der Waals surface area (Å²) in [5.41, 5.74) is 4.10. The summed E-state index contributed by atoms with van der Waals surface area (Å²) in [4.78, 5) is 13.0. The molecule has 3 heterocycles. The van der Waals surface area contributed by atoms with Crippen LogP contribution in [-0.2, 0) is 26.5 Å². The highest BCUT2D eigenvalue weighted by Gasteiger charge is 2.53. The molecule has 27 heavy (non-hydrogen) atoms. The van der Waals surface area contributed by atoms with Crippen LogP contribution in [0, 0.1) is 16.7 Å². The molecule has 0 N–H and O–H groups in total. The molecule has 1 aliphatic carbocycles. The van der Waals surface area contributed by atoms with E-state index in [4.69, 9.17) is 9.47 Å². The first-order chi connectivity index (χ1) is 12.9. The van der Waals surface area contributed by atoms with E-state index >= 15 is 0 Å². The number of carbonyl (C=O) groups excluding carboxylic acids is 1. The number of allylic oxidation sites excluding steroid dienone is 1. The van der Waals surface area contributed by atoms with Gasteiger partial charge >= 0.3 is 0 Å². The van der Waals surface area contributed by atoms with Crippen LogP contribution in [0.25, 0.3) is 0 Å². The predicted molar refractivity (Wildman–Crippen MR) is 101 cm³/mol. The van der Waals surface area contributed by atoms with Crippen LogP contribution in [0.5, 0.6) is 0 Å². The van der Waals surface area contributed by atoms with Gasteiger partial charge < -0.3 is 9.47 Å². The molecule has 1 aromatic heterocycles. The zero-order valence-corrected chi connectivity index (χ0v) is 16.1. The normalized spacial score (nSPS) is 28.0. The summed E-state index contributed by atoms with van der Waals surface area (Å²) in [6.07, 6.45) is 1.31. The first-order valence-electron chi connectivity index (χ1n) is 9.09. The standard InChI is InChI=1S/C22H19NO3S/c1-21(2)9-17(24)19-18(10-21)25-22(15-5-6-27-12-15)8-14-7-13(11-23)3-4-16(14)20(19)26-22/h3-7,12,20H,8-10H2,1-2H3/t20-,22+/m1/s1. The number of Topliss-reactive ketones (excluding diaryl/α,β-unsaturated/α-hetero) is 1. The first kappa shape index (κ1) is 16.7. The summed E-state index contributed by atoms with van der Waals surface area (Å²) < 4.78 is 13.0. The van der Waals surface area contributed by atoms with Crippen molar-refractivity contribution in [1.29, 1.82) is 5.26 Å². The Hall–Kier alpha value is -2.42. The molecule has 2 atom stereocenters. The van der Waals surface area contributed by atoms with Crippen LogP contribution in [0.4, 0.5) is 0 Å². The van der Waals surface area contributed by atoms with E-state index in [2.05, 4.69) is 19.9 Å². The van der Waals surface area contributed by atoms with Gasteiger partial charge in [0.05, 0.1) is 17.2 Å². The van der Waals surface area contributed by atoms with Gasteiger partial charge in [0.1, 0.15) is 11.9 Å². The fraction of sp³-hybridized carbons (Fsp3) is 0.364. The van der Waals surface area contributed by atoms with Crippen molar-refractivity contribution in [2.45, 2.75) is 45.0 Å². The Balaban J connectivity index is 1.74. The Morgan fingerprint density at radius 3 is 2.81 bits per heavy atom. The highest BCUT2D eigenvalue weighted by Crippen LogP contribution is 2.55. The minimum Gasteiger partial charge on any atom is -0.461 e. The average molecular weight is 377 g/mol. The largest absolute Gasteiger partial charge is 0.461 e. The Bertz CT molecular complexity index is 1030. The molecule has 136 valence electrons. The number of hydrogen-bond donors (Lipinski definition) is 0. The smallest absolute Gasteiger partial charge is 0.242 e. The van der Waals surface area contributed by atoms with Crippen molar-refractivity contribution in [3.63, 3.8) is 0 Å². The Morgan fingerprint density at radius 2 is 2.07 bits per heavy atom. The van der Waals surface area contributed by atoms with Crippen LogP contribution >= 0.6 is 11.3 Å². The lowest BCUT2D eigenvalue weighted by atomic mass is 9.72. The lowest BCUT2D eigenvalue weighted by molar-refractivity contribution is -0.272. The van der Waals surface area contributed by atoms with Gasteiger partial charge in [0.15, 0.2) is 5.78 Å². The van der Waals surface area contributed by atoms with Crippen LogP contribution in [0.2, 0.25) is 0 Å². The zero-order valence-electron chi connectivity index (χ0n) is 15.2. The van der Waals surface area contributed by atoms with Gasteiger partial charge in [0.25, 0.3) is 0 Å². The van der Waals surface area contributed by atoms with Crippen molar-refractivity contribution in [2.75, 3.05) is 0 Å². The van der Waals surface area contributed by atoms with Gasteiger partial charge in [0.2, 0.25) is 5.79 Å². The number of rotatable bonds is 1. The summed E-state index contributed by atoms with van der Waals surface area (Å²) in [5.74, 6) is -0.0609. The van der Waals surface area contributed by atoms with Crippen LogP contribution in [0.1, 0.15) is 55.0 Å². The van der Waals surface area contributed by atoms with E-state index in [1.807, 2.05) is 29.0 Å². The number of nitriles is 1. The quantitative estimate of drug-likeness (QED) is 0.719. The number of ether oxygens (including phenoxy) is 2. The monoisotopic (exact) mass is 377 g/mol. The second-order valence-corrected chi connectivity index (χ2v) is 9.12. The average Bonchev–Trinajstić information content (AvgIpc) is 3.15. The maximum atomic E-state index is 13.0. The molecule has 2 aromatic rings. The predicted octanol–water partition coefficient (Wildman–Crippen LogP) is 4.76. The minimum atomic E-state index is -0.932. The molecular weight excluding hydrogens is 358 g/mol. The zero-order chi connectivity index (χ0) is 18.8. The molecule has 2 bridgehead atoms. The molecule has 1 aromatic carbocycles. The van der Waals surface area contributed by atoms with E-state index in [-0.39, 0.29) is 11.2 Å². The molecule has 0 fully saturated rings. The van der Waals surface area contributed by atoms with Crippen molar-refractivity contribution in [3.05, 3.63) is 68.6 Å². The van der Waals surface area contributed by atoms with E-state index < -0.39 is 11.9 Å². The molecule has 2 aliphatic heterocycles. The van der Waals surface area contributed by atoms with Crippen LogP contribution in [-0.4, -0.2) is 5.78 Å². The van der Waals surface area contributed by atoms with E-state index in [0.29, 0.717) is 24.0 Å². The van der Waals surface area contributed by atoms with Crippen LogP contribution in [0.3, 0.4) is 0 Å². The Morgan fingerprint density at radius 1 is 1.22 bits per heavy atom. The first-order valence-corrected chi connectivity index (χ1v) is 10.0. The van der Waals surface area contributed by atoms with Crippen molar-refractivity contribution < 1.29 is 14.3 Å². The lowest BCUT2D eigenvalue weighted by Gasteiger charge is -2.49. The molecule has 0 spiro atoms. The Kier molecular flexibility index (Phi) is 3.43. The molecule has 4 nitrogen and oxygen atoms in total.